The first kappa shape index (κ1) is 14.6. The Morgan fingerprint density at radius 2 is 2.18 bits per heavy atom. The molecule has 17 heavy (non-hydrogen) atoms. The van der Waals surface area contributed by atoms with Gasteiger partial charge in [0, 0.05) is 18.6 Å². The molecular formula is C6H15N4O5PS. The van der Waals surface area contributed by atoms with Crippen LogP contribution in [0.1, 0.15) is 12.8 Å². The number of nitrogens with two attached hydrogens (primary N) is 2. The van der Waals surface area contributed by atoms with E-state index < -0.39 is 29.8 Å². The Balaban J connectivity index is 2.69. The van der Waals surface area contributed by atoms with E-state index >= 15 is 0 Å². The van der Waals surface area contributed by atoms with Gasteiger partial charge in [-0.1, -0.05) is 0 Å². The first-order valence-electron chi connectivity index (χ1n) is 4.78. The van der Waals surface area contributed by atoms with Gasteiger partial charge in [0.05, 0.1) is 6.04 Å². The standard InChI is InChI=1S/C6H15N4O5PS/c7-4-1-2-6(11)9-5(4)3-16(8,12)10-17(13,14)15/h4-5H,1-3,7H2,(H,9,11)(H3,8,10,12)(H,13,14,15)/t4-,5+,16?/m1/s1. The van der Waals surface area contributed by atoms with Crippen molar-refractivity contribution in [2.24, 2.45) is 11.2 Å². The molecule has 1 rings (SSSR count). The Morgan fingerprint density at radius 3 is 2.71 bits per heavy atom. The van der Waals surface area contributed by atoms with Gasteiger partial charge in [0.15, 0.2) is 0 Å². The average Bonchev–Trinajstić information content (AvgIpc) is 2.06. The van der Waals surface area contributed by atoms with Crippen LogP contribution in [0.15, 0.2) is 0 Å². The Labute approximate surface area is 98.7 Å². The van der Waals surface area contributed by atoms with Gasteiger partial charge in [0.25, 0.3) is 0 Å². The topological polar surface area (TPSA) is 165 Å². The highest BCUT2D eigenvalue weighted by Crippen LogP contribution is 2.33. The first-order chi connectivity index (χ1) is 7.59. The van der Waals surface area contributed by atoms with E-state index in [0.29, 0.717) is 6.42 Å². The fourth-order valence-electron chi connectivity index (χ4n) is 1.59. The number of rotatable bonds is 4. The third-order valence-electron chi connectivity index (χ3n) is 2.31. The molecule has 11 heteroatoms. The monoisotopic (exact) mass is 286 g/mol. The summed E-state index contributed by atoms with van der Waals surface area (Å²) in [7, 11) is -8.48. The molecule has 1 heterocycles. The Hall–Kier alpha value is -0.510. The van der Waals surface area contributed by atoms with Gasteiger partial charge in [0.1, 0.15) is 0 Å². The molecule has 1 aliphatic rings. The largest absolute Gasteiger partial charge is 0.351 e. The van der Waals surface area contributed by atoms with Crippen LogP contribution in [0.3, 0.4) is 0 Å². The van der Waals surface area contributed by atoms with E-state index in [9.17, 15) is 17.8 Å². The fourth-order valence-corrected chi connectivity index (χ4v) is 4.40. The minimum absolute atomic E-state index is 0.261. The van der Waals surface area contributed by atoms with Crippen LogP contribution in [-0.4, -0.2) is 37.1 Å². The van der Waals surface area contributed by atoms with Crippen LogP contribution in [-0.2, 0) is 19.7 Å². The number of carbonyl (C=O) groups is 1. The van der Waals surface area contributed by atoms with E-state index in [2.05, 4.69) is 5.32 Å². The predicted octanol–water partition coefficient (Wildman–Crippen LogP) is -1.86. The molecule has 1 aliphatic heterocycles. The smallest absolute Gasteiger partial charge is 0.340 e. The maximum absolute atomic E-state index is 11.7. The Morgan fingerprint density at radius 1 is 1.59 bits per heavy atom. The van der Waals surface area contributed by atoms with Gasteiger partial charge in [-0.3, -0.25) is 19.4 Å². The van der Waals surface area contributed by atoms with E-state index in [0.717, 1.165) is 0 Å². The molecule has 0 aromatic rings. The summed E-state index contributed by atoms with van der Waals surface area (Å²) < 4.78 is 42.6. The number of amides is 1. The zero-order chi connectivity index (χ0) is 13.3. The molecule has 0 aromatic carbocycles. The highest BCUT2D eigenvalue weighted by molar-refractivity contribution is 7.91. The maximum atomic E-state index is 11.7. The molecular weight excluding hydrogens is 271 g/mol. The van der Waals surface area contributed by atoms with Gasteiger partial charge in [-0.15, -0.1) is 4.49 Å². The second-order valence-electron chi connectivity index (χ2n) is 3.92. The van der Waals surface area contributed by atoms with Gasteiger partial charge >= 0.3 is 10.3 Å². The molecule has 0 aromatic heterocycles. The third-order valence-corrected chi connectivity index (χ3v) is 5.40. The number of piperidine rings is 1. The lowest BCUT2D eigenvalue weighted by atomic mass is 10.0. The maximum Gasteiger partial charge on any atom is 0.340 e. The lowest BCUT2D eigenvalue weighted by Crippen LogP contribution is -2.54. The van der Waals surface area contributed by atoms with Crippen LogP contribution < -0.4 is 21.0 Å². The second-order valence-corrected chi connectivity index (χ2v) is 7.56. The summed E-state index contributed by atoms with van der Waals surface area (Å²) in [5, 5.41) is 2.48. The molecule has 0 aliphatic carbocycles. The summed E-state index contributed by atoms with van der Waals surface area (Å²) in [5.74, 6) is -0.261. The summed E-state index contributed by atoms with van der Waals surface area (Å²) >= 11 is 0. The van der Waals surface area contributed by atoms with Crippen molar-refractivity contribution in [2.45, 2.75) is 24.9 Å². The molecule has 0 saturated carbocycles. The highest BCUT2D eigenvalue weighted by atomic mass is 32.2. The summed E-state index contributed by atoms with van der Waals surface area (Å²) in [6.45, 7) is 0. The zero-order valence-corrected chi connectivity index (χ0v) is 10.6. The number of nitrogens with one attached hydrogen (secondary N) is 2. The van der Waals surface area contributed by atoms with Crippen molar-refractivity contribution in [3.05, 3.63) is 0 Å². The van der Waals surface area contributed by atoms with Crippen molar-refractivity contribution in [3.8, 4) is 0 Å². The van der Waals surface area contributed by atoms with Crippen molar-refractivity contribution in [3.63, 3.8) is 0 Å². The van der Waals surface area contributed by atoms with Crippen molar-refractivity contribution in [1.82, 2.24) is 9.81 Å². The SMILES string of the molecule is N[C@@H]1CCC(=O)N[C@H]1CP(N)(=O)NS(=O)(=O)O. The first-order valence-corrected chi connectivity index (χ1v) is 8.18. The Bertz CT molecular complexity index is 451. The zero-order valence-electron chi connectivity index (χ0n) is 8.87. The van der Waals surface area contributed by atoms with Crippen LogP contribution in [0, 0.1) is 0 Å². The Kier molecular flexibility index (Phi) is 4.28. The van der Waals surface area contributed by atoms with E-state index in [1.54, 1.807) is 0 Å². The molecule has 3 atom stereocenters. The minimum Gasteiger partial charge on any atom is -0.351 e. The average molecular weight is 286 g/mol. The molecule has 1 amide bonds. The third kappa shape index (κ3) is 5.11. The normalized spacial score (nSPS) is 29.5. The number of carbonyl (C=O) groups excluding carboxylic acids is 1. The van der Waals surface area contributed by atoms with E-state index in [1.807, 2.05) is 0 Å². The van der Waals surface area contributed by atoms with Crippen molar-refractivity contribution < 1.29 is 22.3 Å². The molecule has 1 unspecified atom stereocenters. The molecule has 1 saturated heterocycles. The van der Waals surface area contributed by atoms with Crippen molar-refractivity contribution in [1.29, 1.82) is 0 Å². The van der Waals surface area contributed by atoms with Crippen LogP contribution in [0.25, 0.3) is 0 Å². The van der Waals surface area contributed by atoms with E-state index in [1.165, 1.54) is 4.49 Å². The lowest BCUT2D eigenvalue weighted by Gasteiger charge is -2.30. The molecule has 0 radical (unpaired) electrons. The minimum atomic E-state index is -4.66. The van der Waals surface area contributed by atoms with Crippen LogP contribution in [0.5, 0.6) is 0 Å². The summed E-state index contributed by atoms with van der Waals surface area (Å²) in [4.78, 5) is 11.1. The number of hydrogen-bond donors (Lipinski definition) is 5. The molecule has 1 fully saturated rings. The summed E-state index contributed by atoms with van der Waals surface area (Å²) in [6.07, 6.45) is 0.320. The number of hydrogen-bond acceptors (Lipinski definition) is 5. The quantitative estimate of drug-likeness (QED) is 0.298. The predicted molar refractivity (Wildman–Crippen MR) is 60.5 cm³/mol. The van der Waals surface area contributed by atoms with Crippen LogP contribution in [0.4, 0.5) is 0 Å². The molecule has 0 spiro atoms. The van der Waals surface area contributed by atoms with Crippen molar-refractivity contribution in [2.75, 3.05) is 6.16 Å². The second kappa shape index (κ2) is 5.01. The van der Waals surface area contributed by atoms with Gasteiger partial charge in [0.2, 0.25) is 13.4 Å². The van der Waals surface area contributed by atoms with Crippen LogP contribution >= 0.6 is 7.44 Å². The van der Waals surface area contributed by atoms with Gasteiger partial charge in [-0.05, 0) is 6.42 Å². The van der Waals surface area contributed by atoms with Crippen molar-refractivity contribution >= 4 is 23.7 Å². The molecule has 0 bridgehead atoms. The van der Waals surface area contributed by atoms with E-state index in [-0.39, 0.29) is 18.5 Å². The van der Waals surface area contributed by atoms with Crippen LogP contribution in [0.2, 0.25) is 0 Å². The van der Waals surface area contributed by atoms with E-state index in [4.69, 9.17) is 15.8 Å². The van der Waals surface area contributed by atoms with Gasteiger partial charge < -0.3 is 11.1 Å². The van der Waals surface area contributed by atoms with Gasteiger partial charge in [-0.2, -0.15) is 8.42 Å². The molecule has 9 nitrogen and oxygen atoms in total. The summed E-state index contributed by atoms with van der Waals surface area (Å²) in [5.41, 5.74) is 10.9. The van der Waals surface area contributed by atoms with Gasteiger partial charge in [-0.25, -0.2) is 0 Å². The lowest BCUT2D eigenvalue weighted by molar-refractivity contribution is -0.123. The molecule has 100 valence electrons. The molecule has 7 N–H and O–H groups in total. The fraction of sp³-hybridized carbons (Fsp3) is 0.833. The highest BCUT2D eigenvalue weighted by Gasteiger charge is 2.33. The summed E-state index contributed by atoms with van der Waals surface area (Å²) in [6, 6.07) is -1.13.